The molecule has 0 aliphatic rings. The van der Waals surface area contributed by atoms with Gasteiger partial charge in [0.2, 0.25) is 0 Å². The molecular formula is C14H24IN3O. The summed E-state index contributed by atoms with van der Waals surface area (Å²) in [4.78, 5) is 4.33. The zero-order valence-electron chi connectivity index (χ0n) is 11.6. The third-order valence-electron chi connectivity index (χ3n) is 3.47. The predicted octanol–water partition coefficient (Wildman–Crippen LogP) is 2.83. The topological polar surface area (TPSA) is 70.6 Å². The van der Waals surface area contributed by atoms with Gasteiger partial charge in [-0.05, 0) is 25.0 Å². The number of nitrogens with zero attached hydrogens (tertiary/aromatic N) is 1. The van der Waals surface area contributed by atoms with Crippen LogP contribution in [0.1, 0.15) is 26.7 Å². The third kappa shape index (κ3) is 5.78. The largest absolute Gasteiger partial charge is 0.396 e. The minimum absolute atomic E-state index is 0. The molecule has 1 aromatic rings. The van der Waals surface area contributed by atoms with Crippen molar-refractivity contribution in [2.75, 3.05) is 18.5 Å². The van der Waals surface area contributed by atoms with Crippen LogP contribution >= 0.6 is 24.0 Å². The van der Waals surface area contributed by atoms with Gasteiger partial charge in [0.25, 0.3) is 0 Å². The number of para-hydroxylation sites is 1. The van der Waals surface area contributed by atoms with Gasteiger partial charge in [-0.1, -0.05) is 32.0 Å². The molecule has 0 bridgehead atoms. The van der Waals surface area contributed by atoms with Crippen LogP contribution in [-0.4, -0.2) is 24.2 Å². The van der Waals surface area contributed by atoms with E-state index in [4.69, 9.17) is 5.73 Å². The zero-order chi connectivity index (χ0) is 13.4. The van der Waals surface area contributed by atoms with E-state index in [1.54, 1.807) is 0 Å². The van der Waals surface area contributed by atoms with Crippen LogP contribution in [0.2, 0.25) is 0 Å². The van der Waals surface area contributed by atoms with Gasteiger partial charge in [0.15, 0.2) is 5.96 Å². The molecule has 0 unspecified atom stereocenters. The fourth-order valence-electron chi connectivity index (χ4n) is 1.71. The second-order valence-electron chi connectivity index (χ2n) is 4.56. The van der Waals surface area contributed by atoms with E-state index >= 15 is 0 Å². The number of guanidine groups is 1. The molecule has 0 saturated heterocycles. The van der Waals surface area contributed by atoms with Crippen molar-refractivity contribution in [2.24, 2.45) is 16.1 Å². The highest BCUT2D eigenvalue weighted by Crippen LogP contribution is 2.25. The first-order valence-corrected chi connectivity index (χ1v) is 6.38. The van der Waals surface area contributed by atoms with Gasteiger partial charge in [-0.15, -0.1) is 24.0 Å². The summed E-state index contributed by atoms with van der Waals surface area (Å²) in [7, 11) is 0. The first kappa shape index (κ1) is 18.2. The second-order valence-corrected chi connectivity index (χ2v) is 4.56. The Morgan fingerprint density at radius 2 is 1.84 bits per heavy atom. The van der Waals surface area contributed by atoms with Gasteiger partial charge in [-0.25, -0.2) is 0 Å². The van der Waals surface area contributed by atoms with E-state index in [9.17, 15) is 5.11 Å². The maximum atomic E-state index is 9.45. The molecule has 1 rings (SSSR count). The summed E-state index contributed by atoms with van der Waals surface area (Å²) in [5, 5.41) is 12.5. The van der Waals surface area contributed by atoms with E-state index in [0.29, 0.717) is 12.5 Å². The number of rotatable bonds is 6. The monoisotopic (exact) mass is 377 g/mol. The number of aliphatic imine (C=N–C) groups is 1. The number of benzene rings is 1. The molecule has 0 atom stereocenters. The summed E-state index contributed by atoms with van der Waals surface area (Å²) in [6.07, 6.45) is 1.78. The average Bonchev–Trinajstić information content (AvgIpc) is 2.42. The highest BCUT2D eigenvalue weighted by atomic mass is 127. The maximum Gasteiger partial charge on any atom is 0.193 e. The zero-order valence-corrected chi connectivity index (χ0v) is 13.9. The molecule has 0 radical (unpaired) electrons. The Balaban J connectivity index is 0.00000324. The van der Waals surface area contributed by atoms with E-state index in [2.05, 4.69) is 24.2 Å². The number of aliphatic hydroxyl groups is 1. The Morgan fingerprint density at radius 1 is 1.26 bits per heavy atom. The van der Waals surface area contributed by atoms with Crippen LogP contribution in [0.15, 0.2) is 35.3 Å². The number of aliphatic hydroxyl groups excluding tert-OH is 1. The van der Waals surface area contributed by atoms with Crippen LogP contribution in [0.25, 0.3) is 0 Å². The summed E-state index contributed by atoms with van der Waals surface area (Å²) >= 11 is 0. The molecule has 0 saturated carbocycles. The molecule has 0 amide bonds. The highest BCUT2D eigenvalue weighted by molar-refractivity contribution is 14.0. The van der Waals surface area contributed by atoms with Gasteiger partial charge in [0, 0.05) is 11.1 Å². The molecule has 5 heteroatoms. The molecule has 4 nitrogen and oxygen atoms in total. The molecule has 1 aromatic carbocycles. The van der Waals surface area contributed by atoms with E-state index in [1.165, 1.54) is 0 Å². The highest BCUT2D eigenvalue weighted by Gasteiger charge is 2.24. The lowest BCUT2D eigenvalue weighted by atomic mass is 9.83. The summed E-state index contributed by atoms with van der Waals surface area (Å²) in [6, 6.07) is 9.68. The predicted molar refractivity (Wildman–Crippen MR) is 92.1 cm³/mol. The molecular weight excluding hydrogens is 353 g/mol. The lowest BCUT2D eigenvalue weighted by molar-refractivity contribution is 0.123. The maximum absolute atomic E-state index is 9.45. The van der Waals surface area contributed by atoms with Gasteiger partial charge >= 0.3 is 0 Å². The van der Waals surface area contributed by atoms with Crippen LogP contribution in [0, 0.1) is 5.41 Å². The van der Waals surface area contributed by atoms with Crippen molar-refractivity contribution in [3.05, 3.63) is 30.3 Å². The van der Waals surface area contributed by atoms with Crippen molar-refractivity contribution in [3.8, 4) is 0 Å². The van der Waals surface area contributed by atoms with Crippen LogP contribution in [0.3, 0.4) is 0 Å². The standard InChI is InChI=1S/C14H23N3O.HI/c1-3-14(4-2,11-18)10-16-13(15)17-12-8-6-5-7-9-12;/h5-9,18H,3-4,10-11H2,1-2H3,(H3,15,16,17);1H. The quantitative estimate of drug-likeness (QED) is 0.406. The second kappa shape index (κ2) is 9.14. The Hall–Kier alpha value is -0.820. The van der Waals surface area contributed by atoms with Crippen molar-refractivity contribution < 1.29 is 5.11 Å². The molecule has 0 aliphatic heterocycles. The number of hydrogen-bond acceptors (Lipinski definition) is 2. The molecule has 0 aliphatic carbocycles. The SMILES string of the molecule is CCC(CC)(CO)CN=C(N)Nc1ccccc1.I. The fourth-order valence-corrected chi connectivity index (χ4v) is 1.71. The molecule has 0 fully saturated rings. The summed E-state index contributed by atoms with van der Waals surface area (Å²) in [5.74, 6) is 0.390. The number of anilines is 1. The normalized spacial score (nSPS) is 11.8. The lowest BCUT2D eigenvalue weighted by Crippen LogP contribution is -2.30. The third-order valence-corrected chi connectivity index (χ3v) is 3.47. The molecule has 108 valence electrons. The van der Waals surface area contributed by atoms with Crippen molar-refractivity contribution in [1.82, 2.24) is 0 Å². The number of halogens is 1. The van der Waals surface area contributed by atoms with E-state index in [0.717, 1.165) is 18.5 Å². The van der Waals surface area contributed by atoms with Gasteiger partial charge < -0.3 is 16.2 Å². The molecule has 0 spiro atoms. The molecule has 0 aromatic heterocycles. The summed E-state index contributed by atoms with van der Waals surface area (Å²) < 4.78 is 0. The Morgan fingerprint density at radius 3 is 2.32 bits per heavy atom. The Kier molecular flexibility index (Phi) is 8.75. The summed E-state index contributed by atoms with van der Waals surface area (Å²) in [5.41, 5.74) is 6.60. The van der Waals surface area contributed by atoms with Gasteiger partial charge in [-0.2, -0.15) is 0 Å². The van der Waals surface area contributed by atoms with Crippen LogP contribution in [0.5, 0.6) is 0 Å². The van der Waals surface area contributed by atoms with Crippen molar-refractivity contribution >= 4 is 35.6 Å². The molecule has 4 N–H and O–H groups in total. The number of hydrogen-bond donors (Lipinski definition) is 3. The minimum atomic E-state index is -0.150. The number of nitrogens with one attached hydrogen (secondary N) is 1. The van der Waals surface area contributed by atoms with Gasteiger partial charge in [0.1, 0.15) is 0 Å². The van der Waals surface area contributed by atoms with E-state index in [1.807, 2.05) is 30.3 Å². The average molecular weight is 377 g/mol. The van der Waals surface area contributed by atoms with Crippen molar-refractivity contribution in [1.29, 1.82) is 0 Å². The smallest absolute Gasteiger partial charge is 0.193 e. The van der Waals surface area contributed by atoms with Crippen LogP contribution in [0.4, 0.5) is 5.69 Å². The van der Waals surface area contributed by atoms with E-state index in [-0.39, 0.29) is 36.0 Å². The summed E-state index contributed by atoms with van der Waals surface area (Å²) in [6.45, 7) is 4.82. The molecule has 0 heterocycles. The van der Waals surface area contributed by atoms with Crippen LogP contribution in [-0.2, 0) is 0 Å². The molecule has 19 heavy (non-hydrogen) atoms. The first-order valence-electron chi connectivity index (χ1n) is 6.38. The first-order chi connectivity index (χ1) is 8.65. The van der Waals surface area contributed by atoms with Crippen molar-refractivity contribution in [3.63, 3.8) is 0 Å². The van der Waals surface area contributed by atoms with Gasteiger partial charge in [0.05, 0.1) is 13.2 Å². The van der Waals surface area contributed by atoms with E-state index < -0.39 is 0 Å². The minimum Gasteiger partial charge on any atom is -0.396 e. The van der Waals surface area contributed by atoms with Gasteiger partial charge in [-0.3, -0.25) is 4.99 Å². The van der Waals surface area contributed by atoms with Crippen molar-refractivity contribution in [2.45, 2.75) is 26.7 Å². The Labute approximate surface area is 132 Å². The Bertz CT molecular complexity index is 369. The number of nitrogens with two attached hydrogens (primary N) is 1. The van der Waals surface area contributed by atoms with Crippen LogP contribution < -0.4 is 11.1 Å². The lowest BCUT2D eigenvalue weighted by Gasteiger charge is -2.27. The fraction of sp³-hybridized carbons (Fsp3) is 0.500.